The van der Waals surface area contributed by atoms with Crippen molar-refractivity contribution in [3.63, 3.8) is 0 Å². The van der Waals surface area contributed by atoms with Gasteiger partial charge in [0.2, 0.25) is 0 Å². The molecule has 6 nitrogen and oxygen atoms in total. The number of nitrogens with one attached hydrogen (secondary N) is 2. The summed E-state index contributed by atoms with van der Waals surface area (Å²) in [6.45, 7) is 12.1. The Bertz CT molecular complexity index is 777. The summed E-state index contributed by atoms with van der Waals surface area (Å²) in [6, 6.07) is 8.46. The molecule has 0 bridgehead atoms. The summed E-state index contributed by atoms with van der Waals surface area (Å²) in [5, 5.41) is 11.4. The van der Waals surface area contributed by atoms with Crippen molar-refractivity contribution < 1.29 is 4.74 Å². The van der Waals surface area contributed by atoms with Crippen molar-refractivity contribution in [2.24, 2.45) is 18.0 Å². The fourth-order valence-corrected chi connectivity index (χ4v) is 3.05. The summed E-state index contributed by atoms with van der Waals surface area (Å²) in [5.74, 6) is 2.24. The Morgan fingerprint density at radius 3 is 2.39 bits per heavy atom. The molecule has 0 amide bonds. The molecule has 2 rings (SSSR count). The Labute approximate surface area is 169 Å². The second kappa shape index (κ2) is 10.2. The van der Waals surface area contributed by atoms with Crippen molar-refractivity contribution in [3.05, 3.63) is 46.8 Å². The molecular weight excluding hydrogens is 350 g/mol. The van der Waals surface area contributed by atoms with Crippen molar-refractivity contribution in [2.75, 3.05) is 13.7 Å². The minimum Gasteiger partial charge on any atom is -0.493 e. The van der Waals surface area contributed by atoms with Crippen LogP contribution in [0.5, 0.6) is 5.75 Å². The summed E-state index contributed by atoms with van der Waals surface area (Å²) in [4.78, 5) is 4.35. The number of guanidine groups is 1. The van der Waals surface area contributed by atoms with Gasteiger partial charge in [-0.25, -0.2) is 0 Å². The zero-order valence-corrected chi connectivity index (χ0v) is 18.3. The van der Waals surface area contributed by atoms with Gasteiger partial charge >= 0.3 is 0 Å². The number of aryl methyl sites for hydroxylation is 2. The highest BCUT2D eigenvalue weighted by Crippen LogP contribution is 2.15. The Kier molecular flexibility index (Phi) is 7.91. The topological polar surface area (TPSA) is 63.5 Å². The third-order valence-corrected chi connectivity index (χ3v) is 4.74. The monoisotopic (exact) mass is 385 g/mol. The van der Waals surface area contributed by atoms with E-state index in [1.165, 1.54) is 16.8 Å². The Balaban J connectivity index is 1.85. The molecule has 0 aliphatic carbocycles. The highest BCUT2D eigenvalue weighted by molar-refractivity contribution is 5.79. The molecule has 1 aromatic carbocycles. The first-order chi connectivity index (χ1) is 13.3. The molecule has 1 aromatic heterocycles. The minimum absolute atomic E-state index is 0.250. The lowest BCUT2D eigenvalue weighted by Crippen LogP contribution is -2.42. The maximum absolute atomic E-state index is 5.74. The molecule has 0 spiro atoms. The van der Waals surface area contributed by atoms with E-state index in [1.807, 2.05) is 23.9 Å². The van der Waals surface area contributed by atoms with Crippen molar-refractivity contribution in [1.82, 2.24) is 20.4 Å². The molecule has 2 N–H and O–H groups in total. The molecule has 0 aliphatic heterocycles. The van der Waals surface area contributed by atoms with Crippen LogP contribution >= 0.6 is 0 Å². The standard InChI is InChI=1S/C22H35N5O/c1-15(2)14-28-20-10-8-19(9-11-20)13-24-22(23-6)25-16(3)12-21-17(4)26-27(7)18(21)5/h8-11,15-16H,12-14H2,1-7H3,(H2,23,24,25). The van der Waals surface area contributed by atoms with Gasteiger partial charge in [-0.1, -0.05) is 26.0 Å². The van der Waals surface area contributed by atoms with E-state index in [-0.39, 0.29) is 6.04 Å². The van der Waals surface area contributed by atoms with Crippen molar-refractivity contribution in [2.45, 2.75) is 53.6 Å². The van der Waals surface area contributed by atoms with E-state index in [0.717, 1.165) is 30.4 Å². The first-order valence-corrected chi connectivity index (χ1v) is 9.98. The molecule has 28 heavy (non-hydrogen) atoms. The summed E-state index contributed by atoms with van der Waals surface area (Å²) >= 11 is 0. The predicted molar refractivity (Wildman–Crippen MR) is 116 cm³/mol. The number of ether oxygens (including phenoxy) is 1. The molecule has 1 heterocycles. The molecule has 0 fully saturated rings. The van der Waals surface area contributed by atoms with Gasteiger partial charge in [-0.15, -0.1) is 0 Å². The second-order valence-corrected chi connectivity index (χ2v) is 7.80. The number of hydrogen-bond donors (Lipinski definition) is 2. The van der Waals surface area contributed by atoms with E-state index >= 15 is 0 Å². The van der Waals surface area contributed by atoms with Crippen LogP contribution in [0, 0.1) is 19.8 Å². The summed E-state index contributed by atoms with van der Waals surface area (Å²) in [5.41, 5.74) is 4.80. The average Bonchev–Trinajstić information content (AvgIpc) is 2.90. The van der Waals surface area contributed by atoms with Gasteiger partial charge in [-0.3, -0.25) is 9.67 Å². The number of benzene rings is 1. The summed E-state index contributed by atoms with van der Waals surface area (Å²) < 4.78 is 7.68. The van der Waals surface area contributed by atoms with Gasteiger partial charge in [-0.05, 0) is 56.4 Å². The number of nitrogens with zero attached hydrogens (tertiary/aromatic N) is 3. The van der Waals surface area contributed by atoms with Crippen LogP contribution in [-0.4, -0.2) is 35.4 Å². The highest BCUT2D eigenvalue weighted by Gasteiger charge is 2.14. The van der Waals surface area contributed by atoms with Crippen LogP contribution in [-0.2, 0) is 20.0 Å². The normalized spacial score (nSPS) is 12.9. The van der Waals surface area contributed by atoms with Gasteiger partial charge in [0.15, 0.2) is 5.96 Å². The summed E-state index contributed by atoms with van der Waals surface area (Å²) in [7, 11) is 3.79. The van der Waals surface area contributed by atoms with Crippen LogP contribution in [0.2, 0.25) is 0 Å². The number of hydrogen-bond acceptors (Lipinski definition) is 3. The van der Waals surface area contributed by atoms with Gasteiger partial charge in [0.25, 0.3) is 0 Å². The molecule has 0 aliphatic rings. The van der Waals surface area contributed by atoms with Crippen LogP contribution in [0.4, 0.5) is 0 Å². The maximum Gasteiger partial charge on any atom is 0.191 e. The summed E-state index contributed by atoms with van der Waals surface area (Å²) in [6.07, 6.45) is 0.911. The smallest absolute Gasteiger partial charge is 0.191 e. The Morgan fingerprint density at radius 1 is 1.18 bits per heavy atom. The number of aromatic nitrogens is 2. The first kappa shape index (κ1) is 21.8. The molecule has 0 radical (unpaired) electrons. The van der Waals surface area contributed by atoms with Crippen LogP contribution < -0.4 is 15.4 Å². The van der Waals surface area contributed by atoms with E-state index in [4.69, 9.17) is 4.74 Å². The maximum atomic E-state index is 5.74. The van der Waals surface area contributed by atoms with Crippen molar-refractivity contribution in [3.8, 4) is 5.75 Å². The average molecular weight is 386 g/mol. The largest absolute Gasteiger partial charge is 0.493 e. The van der Waals surface area contributed by atoms with E-state index in [2.05, 4.69) is 67.5 Å². The molecule has 2 aromatic rings. The number of rotatable bonds is 8. The van der Waals surface area contributed by atoms with E-state index in [9.17, 15) is 0 Å². The lowest BCUT2D eigenvalue weighted by Gasteiger charge is -2.18. The first-order valence-electron chi connectivity index (χ1n) is 9.98. The van der Waals surface area contributed by atoms with E-state index in [1.54, 1.807) is 7.05 Å². The molecule has 6 heteroatoms. The lowest BCUT2D eigenvalue weighted by atomic mass is 10.1. The molecular formula is C22H35N5O. The van der Waals surface area contributed by atoms with Crippen LogP contribution in [0.1, 0.15) is 43.3 Å². The third kappa shape index (κ3) is 6.29. The van der Waals surface area contributed by atoms with E-state index < -0.39 is 0 Å². The molecule has 1 unspecified atom stereocenters. The molecule has 0 saturated heterocycles. The van der Waals surface area contributed by atoms with Crippen molar-refractivity contribution in [1.29, 1.82) is 0 Å². The SMILES string of the molecule is CN=C(NCc1ccc(OCC(C)C)cc1)NC(C)Cc1c(C)nn(C)c1C. The van der Waals surface area contributed by atoms with E-state index in [0.29, 0.717) is 12.5 Å². The molecule has 1 atom stereocenters. The Morgan fingerprint density at radius 2 is 1.86 bits per heavy atom. The van der Waals surface area contributed by atoms with Gasteiger partial charge in [0.1, 0.15) is 5.75 Å². The third-order valence-electron chi connectivity index (χ3n) is 4.74. The Hall–Kier alpha value is -2.50. The van der Waals surface area contributed by atoms with Crippen LogP contribution in [0.25, 0.3) is 0 Å². The lowest BCUT2D eigenvalue weighted by molar-refractivity contribution is 0.271. The van der Waals surface area contributed by atoms with Gasteiger partial charge in [0.05, 0.1) is 12.3 Å². The fraction of sp³-hybridized carbons (Fsp3) is 0.545. The zero-order chi connectivity index (χ0) is 20.7. The quantitative estimate of drug-likeness (QED) is 0.540. The highest BCUT2D eigenvalue weighted by atomic mass is 16.5. The van der Waals surface area contributed by atoms with Crippen molar-refractivity contribution >= 4 is 5.96 Å². The zero-order valence-electron chi connectivity index (χ0n) is 18.3. The minimum atomic E-state index is 0.250. The van der Waals surface area contributed by atoms with Crippen LogP contribution in [0.3, 0.4) is 0 Å². The predicted octanol–water partition coefficient (Wildman–Crippen LogP) is 3.37. The second-order valence-electron chi connectivity index (χ2n) is 7.80. The van der Waals surface area contributed by atoms with Gasteiger partial charge < -0.3 is 15.4 Å². The molecule has 154 valence electrons. The van der Waals surface area contributed by atoms with Gasteiger partial charge in [0, 0.05) is 32.4 Å². The fourth-order valence-electron chi connectivity index (χ4n) is 3.05. The molecule has 0 saturated carbocycles. The number of aliphatic imine (C=N–C) groups is 1. The van der Waals surface area contributed by atoms with Crippen LogP contribution in [0.15, 0.2) is 29.3 Å². The van der Waals surface area contributed by atoms with Gasteiger partial charge in [-0.2, -0.15) is 5.10 Å².